The highest BCUT2D eigenvalue weighted by Gasteiger charge is 2.44. The van der Waals surface area contributed by atoms with E-state index >= 15 is 0 Å². The van der Waals surface area contributed by atoms with Gasteiger partial charge < -0.3 is 10.3 Å². The summed E-state index contributed by atoms with van der Waals surface area (Å²) >= 11 is 1.88. The number of nitrogens with one attached hydrogen (secondary N) is 2. The molecule has 202 valence electrons. The number of H-pyrrole nitrogens is 1. The first kappa shape index (κ1) is 24.0. The van der Waals surface area contributed by atoms with Gasteiger partial charge in [-0.2, -0.15) is 0 Å². The van der Waals surface area contributed by atoms with Crippen LogP contribution in [0, 0.1) is 5.92 Å². The van der Waals surface area contributed by atoms with Crippen molar-refractivity contribution >= 4 is 65.9 Å². The van der Waals surface area contributed by atoms with E-state index in [1.54, 1.807) is 0 Å². The summed E-state index contributed by atoms with van der Waals surface area (Å²) in [4.78, 5) is 3.74. The molecule has 2 atom stereocenters. The topological polar surface area (TPSA) is 27.8 Å². The number of fused-ring (bicyclic) bond motifs is 9. The van der Waals surface area contributed by atoms with Crippen LogP contribution in [0.15, 0.2) is 109 Å². The van der Waals surface area contributed by atoms with Crippen LogP contribution in [0.1, 0.15) is 30.9 Å². The molecule has 0 amide bonds. The summed E-state index contributed by atoms with van der Waals surface area (Å²) in [7, 11) is 0. The highest BCUT2D eigenvalue weighted by atomic mass is 32.1. The second-order valence-electron chi connectivity index (χ2n) is 12.4. The van der Waals surface area contributed by atoms with Crippen molar-refractivity contribution in [1.82, 2.24) is 4.98 Å². The lowest BCUT2D eigenvalue weighted by Gasteiger charge is -2.29. The second-order valence-corrected chi connectivity index (χ2v) is 13.4. The largest absolute Gasteiger partial charge is 0.355 e. The van der Waals surface area contributed by atoms with E-state index in [9.17, 15) is 0 Å². The van der Waals surface area contributed by atoms with Gasteiger partial charge in [-0.25, -0.2) is 0 Å². The molecule has 2 aromatic heterocycles. The Morgan fingerprint density at radius 2 is 1.50 bits per heavy atom. The average molecular weight is 559 g/mol. The van der Waals surface area contributed by atoms with Crippen LogP contribution in [-0.2, 0) is 5.41 Å². The fourth-order valence-electron chi connectivity index (χ4n) is 7.63. The number of hydrogen-bond donors (Lipinski definition) is 2. The maximum Gasteiger partial charge on any atom is 0.0466 e. The third-order valence-corrected chi connectivity index (χ3v) is 10.9. The van der Waals surface area contributed by atoms with E-state index in [4.69, 9.17) is 0 Å². The van der Waals surface area contributed by atoms with Crippen molar-refractivity contribution in [1.29, 1.82) is 0 Å². The van der Waals surface area contributed by atoms with E-state index < -0.39 is 0 Å². The molecule has 2 N–H and O–H groups in total. The predicted octanol–water partition coefficient (Wildman–Crippen LogP) is 9.21. The Hall–Kier alpha value is -4.60. The van der Waals surface area contributed by atoms with Gasteiger partial charge >= 0.3 is 0 Å². The zero-order valence-corrected chi connectivity index (χ0v) is 24.4. The van der Waals surface area contributed by atoms with Crippen molar-refractivity contribution in [2.45, 2.75) is 25.2 Å². The van der Waals surface area contributed by atoms with Crippen molar-refractivity contribution in [2.24, 2.45) is 5.92 Å². The summed E-state index contributed by atoms with van der Waals surface area (Å²) in [5, 5.41) is 10.3. The van der Waals surface area contributed by atoms with Gasteiger partial charge in [-0.05, 0) is 52.8 Å². The summed E-state index contributed by atoms with van der Waals surface area (Å²) in [6.45, 7) is 4.79. The zero-order chi connectivity index (χ0) is 28.0. The Balaban J connectivity index is 1.16. The van der Waals surface area contributed by atoms with Crippen molar-refractivity contribution in [3.8, 4) is 11.1 Å². The molecular weight excluding hydrogens is 529 g/mol. The number of rotatable bonds is 3. The molecule has 2 heterocycles. The third-order valence-electron chi connectivity index (χ3n) is 9.70. The normalized spacial score (nSPS) is 18.3. The predicted molar refractivity (Wildman–Crippen MR) is 180 cm³/mol. The fourth-order valence-corrected chi connectivity index (χ4v) is 8.86. The first-order chi connectivity index (χ1) is 20.6. The monoisotopic (exact) mass is 558 g/mol. The van der Waals surface area contributed by atoms with Gasteiger partial charge in [0.05, 0.1) is 0 Å². The lowest BCUT2D eigenvalue weighted by molar-refractivity contribution is 0.421. The Labute approximate surface area is 248 Å². The minimum atomic E-state index is 0.112. The highest BCUT2D eigenvalue weighted by molar-refractivity contribution is 7.26. The van der Waals surface area contributed by atoms with Crippen LogP contribution < -0.4 is 15.9 Å². The van der Waals surface area contributed by atoms with Crippen LogP contribution in [0.3, 0.4) is 0 Å². The van der Waals surface area contributed by atoms with E-state index in [2.05, 4.69) is 145 Å². The minimum Gasteiger partial charge on any atom is -0.355 e. The van der Waals surface area contributed by atoms with Gasteiger partial charge in [-0.1, -0.05) is 105 Å². The highest BCUT2D eigenvalue weighted by Crippen LogP contribution is 2.52. The molecule has 5 aromatic carbocycles. The number of thiophene rings is 1. The van der Waals surface area contributed by atoms with Crippen LogP contribution in [0.25, 0.3) is 54.4 Å². The lowest BCUT2D eigenvalue weighted by atomic mass is 9.74. The Bertz CT molecular complexity index is 2330. The Morgan fingerprint density at radius 1 is 0.714 bits per heavy atom. The molecule has 0 saturated heterocycles. The van der Waals surface area contributed by atoms with Gasteiger partial charge in [0, 0.05) is 70.1 Å². The molecule has 0 aliphatic heterocycles. The van der Waals surface area contributed by atoms with E-state index in [0.717, 1.165) is 11.4 Å². The van der Waals surface area contributed by atoms with E-state index in [0.29, 0.717) is 11.8 Å². The molecule has 2 unspecified atom stereocenters. The van der Waals surface area contributed by atoms with E-state index in [-0.39, 0.29) is 5.41 Å². The van der Waals surface area contributed by atoms with Crippen LogP contribution in [0.4, 0.5) is 11.4 Å². The van der Waals surface area contributed by atoms with Crippen molar-refractivity contribution in [3.63, 3.8) is 0 Å². The summed E-state index contributed by atoms with van der Waals surface area (Å²) in [6, 6.07) is 39.9. The summed E-state index contributed by atoms with van der Waals surface area (Å²) in [5.74, 6) is 0.860. The van der Waals surface area contributed by atoms with E-state index in [1.165, 1.54) is 63.9 Å². The summed E-state index contributed by atoms with van der Waals surface area (Å²) in [5.41, 5.74) is 8.97. The van der Waals surface area contributed by atoms with Crippen molar-refractivity contribution < 1.29 is 0 Å². The quantitative estimate of drug-likeness (QED) is 0.222. The molecule has 0 saturated carbocycles. The van der Waals surface area contributed by atoms with Crippen LogP contribution in [0.5, 0.6) is 0 Å². The number of para-hydroxylation sites is 1. The second kappa shape index (κ2) is 8.70. The van der Waals surface area contributed by atoms with Gasteiger partial charge in [-0.15, -0.1) is 11.3 Å². The van der Waals surface area contributed by atoms with Gasteiger partial charge in [-0.3, -0.25) is 0 Å². The standard InChI is InChI=1S/C39H30N2S/c1-39(2)32-15-6-3-10-24(32)29-21-31-30-20-23(18-19-35(30)41-36(31)22-33(29)39)40-34-16-7-4-11-25(34)27-13-9-14-28-26-12-5-8-17-37(26)42-38(27)28/h3-22,29,33,40-41H,1-2H3. The molecule has 0 radical (unpaired) electrons. The van der Waals surface area contributed by atoms with Gasteiger partial charge in [0.25, 0.3) is 0 Å². The first-order valence-electron chi connectivity index (χ1n) is 14.8. The van der Waals surface area contributed by atoms with Crippen LogP contribution in [0.2, 0.25) is 0 Å². The first-order valence-corrected chi connectivity index (χ1v) is 15.6. The fraction of sp³-hybridized carbons (Fsp3) is 0.128. The number of benzene rings is 5. The van der Waals surface area contributed by atoms with Crippen molar-refractivity contribution in [2.75, 3.05) is 5.32 Å². The maximum absolute atomic E-state index is 3.80. The third kappa shape index (κ3) is 3.38. The molecule has 0 fully saturated rings. The maximum atomic E-state index is 3.80. The number of anilines is 2. The molecule has 9 rings (SSSR count). The number of hydrogen-bond acceptors (Lipinski definition) is 2. The van der Waals surface area contributed by atoms with Gasteiger partial charge in [0.1, 0.15) is 0 Å². The molecule has 2 aliphatic rings. The Morgan fingerprint density at radius 3 is 2.45 bits per heavy atom. The van der Waals surface area contributed by atoms with E-state index in [1.807, 2.05) is 11.3 Å². The lowest BCUT2D eigenvalue weighted by Crippen LogP contribution is -2.34. The summed E-state index contributed by atoms with van der Waals surface area (Å²) < 4.78 is 2.67. The Kier molecular flexibility index (Phi) is 4.98. The van der Waals surface area contributed by atoms with Crippen molar-refractivity contribution in [3.05, 3.63) is 131 Å². The molecule has 7 aromatic rings. The SMILES string of the molecule is CC1(C)c2ccccc2C2C=c3c([nH]c4ccc(Nc5ccccc5-c5cccc6c5sc5ccccc56)cc34)=CC21. The number of aromatic nitrogens is 1. The molecule has 3 heteroatoms. The van der Waals surface area contributed by atoms with Gasteiger partial charge in [0.15, 0.2) is 0 Å². The van der Waals surface area contributed by atoms with Crippen LogP contribution in [-0.4, -0.2) is 4.98 Å². The zero-order valence-electron chi connectivity index (χ0n) is 23.6. The number of aromatic amines is 1. The smallest absolute Gasteiger partial charge is 0.0466 e. The molecule has 42 heavy (non-hydrogen) atoms. The molecule has 2 aliphatic carbocycles. The molecule has 0 bridgehead atoms. The van der Waals surface area contributed by atoms with Gasteiger partial charge in [0.2, 0.25) is 0 Å². The minimum absolute atomic E-state index is 0.112. The molecule has 2 nitrogen and oxygen atoms in total. The van der Waals surface area contributed by atoms with Crippen LogP contribution >= 0.6 is 11.3 Å². The molecule has 0 spiro atoms. The summed E-state index contributed by atoms with van der Waals surface area (Å²) in [6.07, 6.45) is 5.01. The molecular formula is C39H30N2S. The average Bonchev–Trinajstić information content (AvgIpc) is 3.65.